The molecule has 0 aromatic rings. The molecule has 0 fully saturated rings. The first-order chi connectivity index (χ1) is 4.79. The molecule has 0 aromatic heterocycles. The Bertz CT molecular complexity index is 170. The summed E-state index contributed by atoms with van der Waals surface area (Å²) in [5.41, 5.74) is 0. The predicted molar refractivity (Wildman–Crippen MR) is 38.5 cm³/mol. The van der Waals surface area contributed by atoms with Crippen molar-refractivity contribution in [2.24, 2.45) is 5.92 Å². The van der Waals surface area contributed by atoms with Gasteiger partial charge in [0.2, 0.25) is 0 Å². The highest BCUT2D eigenvalue weighted by Gasteiger charge is 2.25. The van der Waals surface area contributed by atoms with Gasteiger partial charge >= 0.3 is 0 Å². The first-order valence-electron chi connectivity index (χ1n) is 3.58. The molecule has 0 saturated carbocycles. The first-order valence-corrected chi connectivity index (χ1v) is 3.58. The second-order valence-electron chi connectivity index (χ2n) is 2.48. The summed E-state index contributed by atoms with van der Waals surface area (Å²) in [4.78, 5) is 11.2. The van der Waals surface area contributed by atoms with Gasteiger partial charge in [0.25, 0.3) is 0 Å². The first kappa shape index (κ1) is 7.32. The Hall–Kier alpha value is -0.790. The van der Waals surface area contributed by atoms with E-state index in [9.17, 15) is 4.79 Å². The largest absolute Gasteiger partial charge is 0.493 e. The molecule has 56 valence electrons. The topological polar surface area (TPSA) is 26.3 Å². The van der Waals surface area contributed by atoms with Gasteiger partial charge in [-0.3, -0.25) is 4.79 Å². The fourth-order valence-electron chi connectivity index (χ4n) is 1.19. The fraction of sp³-hybridized carbons (Fsp3) is 0.625. The standard InChI is InChI=1S/C8H12O2/c1-3-6-4-5-7(10-2)8(6)9/h5-6H,3-4H2,1-2H3. The van der Waals surface area contributed by atoms with E-state index in [0.29, 0.717) is 5.76 Å². The molecule has 0 saturated heterocycles. The van der Waals surface area contributed by atoms with Crippen LogP contribution in [0.15, 0.2) is 11.8 Å². The predicted octanol–water partition coefficient (Wildman–Crippen LogP) is 1.52. The summed E-state index contributed by atoms with van der Waals surface area (Å²) >= 11 is 0. The molecule has 10 heavy (non-hydrogen) atoms. The van der Waals surface area contributed by atoms with Crippen LogP contribution in [-0.4, -0.2) is 12.9 Å². The van der Waals surface area contributed by atoms with Gasteiger partial charge in [-0.05, 0) is 18.9 Å². The number of carbonyl (C=O) groups is 1. The van der Waals surface area contributed by atoms with E-state index in [0.717, 1.165) is 12.8 Å². The Labute approximate surface area is 60.9 Å². The number of Topliss-reactive ketones (excluding diaryl/α,β-unsaturated/α-hetero) is 1. The van der Waals surface area contributed by atoms with E-state index in [1.54, 1.807) is 7.11 Å². The van der Waals surface area contributed by atoms with Gasteiger partial charge in [-0.1, -0.05) is 6.92 Å². The molecule has 0 heterocycles. The summed E-state index contributed by atoms with van der Waals surface area (Å²) in [6, 6.07) is 0. The van der Waals surface area contributed by atoms with Crippen LogP contribution in [0.1, 0.15) is 19.8 Å². The quantitative estimate of drug-likeness (QED) is 0.581. The second kappa shape index (κ2) is 2.86. The van der Waals surface area contributed by atoms with E-state index in [4.69, 9.17) is 4.74 Å². The molecule has 1 aliphatic rings. The fourth-order valence-corrected chi connectivity index (χ4v) is 1.19. The molecule has 0 aromatic carbocycles. The van der Waals surface area contributed by atoms with E-state index >= 15 is 0 Å². The minimum absolute atomic E-state index is 0.171. The van der Waals surface area contributed by atoms with Gasteiger partial charge in [0.15, 0.2) is 11.5 Å². The lowest BCUT2D eigenvalue weighted by Gasteiger charge is -2.03. The maximum absolute atomic E-state index is 11.2. The minimum atomic E-state index is 0.171. The smallest absolute Gasteiger partial charge is 0.200 e. The van der Waals surface area contributed by atoms with Crippen molar-refractivity contribution in [1.29, 1.82) is 0 Å². The third kappa shape index (κ3) is 1.06. The summed E-state index contributed by atoms with van der Waals surface area (Å²) in [5, 5.41) is 0. The van der Waals surface area contributed by atoms with Crippen LogP contribution in [0.4, 0.5) is 0 Å². The van der Waals surface area contributed by atoms with Gasteiger partial charge in [-0.15, -0.1) is 0 Å². The molecule has 1 aliphatic carbocycles. The van der Waals surface area contributed by atoms with Crippen molar-refractivity contribution in [3.8, 4) is 0 Å². The average molecular weight is 140 g/mol. The van der Waals surface area contributed by atoms with Crippen LogP contribution in [0.25, 0.3) is 0 Å². The van der Waals surface area contributed by atoms with Crippen molar-refractivity contribution in [3.63, 3.8) is 0 Å². The Morgan fingerprint density at radius 3 is 2.80 bits per heavy atom. The zero-order valence-corrected chi connectivity index (χ0v) is 6.39. The van der Waals surface area contributed by atoms with Crippen LogP contribution in [0, 0.1) is 5.92 Å². The molecular weight excluding hydrogens is 128 g/mol. The molecule has 0 radical (unpaired) electrons. The Kier molecular flexibility index (Phi) is 2.10. The van der Waals surface area contributed by atoms with Gasteiger partial charge in [-0.2, -0.15) is 0 Å². The monoisotopic (exact) mass is 140 g/mol. The maximum Gasteiger partial charge on any atom is 0.200 e. The van der Waals surface area contributed by atoms with Crippen LogP contribution in [-0.2, 0) is 9.53 Å². The summed E-state index contributed by atoms with van der Waals surface area (Å²) in [5.74, 6) is 0.909. The van der Waals surface area contributed by atoms with E-state index in [2.05, 4.69) is 0 Å². The van der Waals surface area contributed by atoms with Crippen molar-refractivity contribution in [2.75, 3.05) is 7.11 Å². The summed E-state index contributed by atoms with van der Waals surface area (Å²) in [7, 11) is 1.54. The number of ketones is 1. The van der Waals surface area contributed by atoms with Crippen molar-refractivity contribution >= 4 is 5.78 Å². The molecule has 1 rings (SSSR count). The van der Waals surface area contributed by atoms with Crippen molar-refractivity contribution in [1.82, 2.24) is 0 Å². The van der Waals surface area contributed by atoms with Gasteiger partial charge in [0, 0.05) is 5.92 Å². The van der Waals surface area contributed by atoms with E-state index in [1.807, 2.05) is 13.0 Å². The van der Waals surface area contributed by atoms with E-state index in [-0.39, 0.29) is 11.7 Å². The van der Waals surface area contributed by atoms with Crippen molar-refractivity contribution < 1.29 is 9.53 Å². The SMILES string of the molecule is CCC1CC=C(OC)C1=O. The normalized spacial score (nSPS) is 24.8. The van der Waals surface area contributed by atoms with Crippen LogP contribution >= 0.6 is 0 Å². The third-order valence-corrected chi connectivity index (χ3v) is 1.91. The maximum atomic E-state index is 11.2. The Balaban J connectivity index is 2.60. The number of rotatable bonds is 2. The molecule has 1 unspecified atom stereocenters. The Morgan fingerprint density at radius 1 is 1.80 bits per heavy atom. The summed E-state index contributed by atoms with van der Waals surface area (Å²) in [6.45, 7) is 2.02. The van der Waals surface area contributed by atoms with Gasteiger partial charge < -0.3 is 4.74 Å². The van der Waals surface area contributed by atoms with Gasteiger partial charge in [-0.25, -0.2) is 0 Å². The van der Waals surface area contributed by atoms with Crippen LogP contribution in [0.2, 0.25) is 0 Å². The molecule has 2 nitrogen and oxygen atoms in total. The molecule has 0 spiro atoms. The van der Waals surface area contributed by atoms with Crippen LogP contribution < -0.4 is 0 Å². The number of ether oxygens (including phenoxy) is 1. The van der Waals surface area contributed by atoms with Gasteiger partial charge in [0.1, 0.15) is 0 Å². The van der Waals surface area contributed by atoms with E-state index in [1.165, 1.54) is 0 Å². The molecular formula is C8H12O2. The zero-order valence-electron chi connectivity index (χ0n) is 6.39. The molecule has 1 atom stereocenters. The molecule has 0 N–H and O–H groups in total. The van der Waals surface area contributed by atoms with Crippen LogP contribution in [0.3, 0.4) is 0 Å². The average Bonchev–Trinajstić information content (AvgIpc) is 2.30. The third-order valence-electron chi connectivity index (χ3n) is 1.91. The molecule has 0 amide bonds. The molecule has 0 aliphatic heterocycles. The Morgan fingerprint density at radius 2 is 2.50 bits per heavy atom. The lowest BCUT2D eigenvalue weighted by Crippen LogP contribution is -2.09. The zero-order chi connectivity index (χ0) is 7.56. The number of hydrogen-bond donors (Lipinski definition) is 0. The summed E-state index contributed by atoms with van der Waals surface area (Å²) < 4.78 is 4.87. The lowest BCUT2D eigenvalue weighted by atomic mass is 10.0. The highest BCUT2D eigenvalue weighted by atomic mass is 16.5. The minimum Gasteiger partial charge on any atom is -0.493 e. The highest BCUT2D eigenvalue weighted by Crippen LogP contribution is 2.23. The summed E-state index contributed by atoms with van der Waals surface area (Å²) in [6.07, 6.45) is 3.65. The second-order valence-corrected chi connectivity index (χ2v) is 2.48. The lowest BCUT2D eigenvalue weighted by molar-refractivity contribution is -0.121. The van der Waals surface area contributed by atoms with E-state index < -0.39 is 0 Å². The molecule has 0 bridgehead atoms. The highest BCUT2D eigenvalue weighted by molar-refractivity contribution is 5.97. The van der Waals surface area contributed by atoms with Crippen molar-refractivity contribution in [2.45, 2.75) is 19.8 Å². The number of methoxy groups -OCH3 is 1. The number of hydrogen-bond acceptors (Lipinski definition) is 2. The van der Waals surface area contributed by atoms with Crippen molar-refractivity contribution in [3.05, 3.63) is 11.8 Å². The number of carbonyl (C=O) groups excluding carboxylic acids is 1. The van der Waals surface area contributed by atoms with Gasteiger partial charge in [0.05, 0.1) is 7.11 Å². The number of allylic oxidation sites excluding steroid dienone is 2. The molecule has 2 heteroatoms. The van der Waals surface area contributed by atoms with Crippen LogP contribution in [0.5, 0.6) is 0 Å².